The molecule has 2 N–H and O–H groups in total. The van der Waals surface area contributed by atoms with Crippen molar-refractivity contribution in [3.05, 3.63) is 60.2 Å². The summed E-state index contributed by atoms with van der Waals surface area (Å²) in [5.74, 6) is 1.39. The van der Waals surface area contributed by atoms with E-state index in [4.69, 9.17) is 14.7 Å². The highest BCUT2D eigenvalue weighted by Crippen LogP contribution is 2.16. The molecule has 27 heavy (non-hydrogen) atoms. The van der Waals surface area contributed by atoms with Crippen molar-refractivity contribution in [2.45, 2.75) is 25.8 Å². The van der Waals surface area contributed by atoms with Gasteiger partial charge in [-0.05, 0) is 30.7 Å². The molecular formula is C19H23ClN4O3. The number of hydrogen-bond acceptors (Lipinski definition) is 6. The lowest BCUT2D eigenvalue weighted by Crippen LogP contribution is -2.32. The van der Waals surface area contributed by atoms with E-state index in [1.807, 2.05) is 35.2 Å². The number of carbonyl (C=O) groups is 1. The van der Waals surface area contributed by atoms with Gasteiger partial charge in [0, 0.05) is 25.9 Å². The molecule has 144 valence electrons. The minimum atomic E-state index is 0. The Hall–Kier alpha value is -2.64. The Balaban J connectivity index is 0.00000261. The average molecular weight is 391 g/mol. The molecule has 0 aliphatic carbocycles. The van der Waals surface area contributed by atoms with Crippen molar-refractivity contribution >= 4 is 18.3 Å². The molecule has 0 fully saturated rings. The van der Waals surface area contributed by atoms with E-state index in [0.717, 1.165) is 12.0 Å². The Bertz CT molecular complexity index is 805. The first kappa shape index (κ1) is 20.7. The second kappa shape index (κ2) is 10.5. The molecule has 1 amide bonds. The van der Waals surface area contributed by atoms with Crippen molar-refractivity contribution in [2.24, 2.45) is 5.73 Å². The maximum atomic E-state index is 12.6. The molecule has 0 saturated heterocycles. The minimum Gasteiger partial charge on any atom is -0.461 e. The molecule has 2 heterocycles. The normalized spacial score (nSPS) is 10.4. The summed E-state index contributed by atoms with van der Waals surface area (Å²) in [6.45, 7) is 1.75. The molecule has 2 aromatic heterocycles. The van der Waals surface area contributed by atoms with E-state index in [1.165, 1.54) is 0 Å². The maximum absolute atomic E-state index is 12.6. The molecule has 0 saturated carbocycles. The number of rotatable bonds is 9. The molecule has 0 bridgehead atoms. The lowest BCUT2D eigenvalue weighted by molar-refractivity contribution is -0.131. The molecule has 7 nitrogen and oxygen atoms in total. The fourth-order valence-corrected chi connectivity index (χ4v) is 2.61. The van der Waals surface area contributed by atoms with Crippen molar-refractivity contribution in [3.8, 4) is 11.6 Å². The molecule has 0 unspecified atom stereocenters. The number of amides is 1. The largest absolute Gasteiger partial charge is 0.461 e. The van der Waals surface area contributed by atoms with Crippen LogP contribution in [-0.2, 0) is 17.8 Å². The second-order valence-corrected chi connectivity index (χ2v) is 5.93. The van der Waals surface area contributed by atoms with Crippen molar-refractivity contribution in [1.29, 1.82) is 0 Å². The Labute approximate surface area is 163 Å². The van der Waals surface area contributed by atoms with Crippen LogP contribution in [0.3, 0.4) is 0 Å². The highest BCUT2D eigenvalue weighted by molar-refractivity contribution is 5.85. The standard InChI is InChI=1S/C19H22N4O3.ClH/c20-11-5-12-23(14-15-6-2-1-3-7-15)18(24)10-9-17-21-19(22-26-17)16-8-4-13-25-16;/h1-4,6-8,13H,5,9-12,14,20H2;1H. The van der Waals surface area contributed by atoms with Crippen molar-refractivity contribution < 1.29 is 13.7 Å². The lowest BCUT2D eigenvalue weighted by Gasteiger charge is -2.22. The fraction of sp³-hybridized carbons (Fsp3) is 0.316. The van der Waals surface area contributed by atoms with Crippen LogP contribution in [0.4, 0.5) is 0 Å². The van der Waals surface area contributed by atoms with Gasteiger partial charge < -0.3 is 19.6 Å². The van der Waals surface area contributed by atoms with Crippen molar-refractivity contribution in [3.63, 3.8) is 0 Å². The van der Waals surface area contributed by atoms with Crippen molar-refractivity contribution in [2.75, 3.05) is 13.1 Å². The Morgan fingerprint density at radius 1 is 1.15 bits per heavy atom. The molecule has 3 aromatic rings. The zero-order chi connectivity index (χ0) is 18.2. The topological polar surface area (TPSA) is 98.4 Å². The first-order valence-corrected chi connectivity index (χ1v) is 8.64. The number of carbonyl (C=O) groups excluding carboxylic acids is 1. The van der Waals surface area contributed by atoms with E-state index in [0.29, 0.717) is 50.0 Å². The number of aromatic nitrogens is 2. The number of furan rings is 1. The quantitative estimate of drug-likeness (QED) is 0.602. The lowest BCUT2D eigenvalue weighted by atomic mass is 10.2. The number of nitrogens with zero attached hydrogens (tertiary/aromatic N) is 3. The average Bonchev–Trinajstić information content (AvgIpc) is 3.35. The summed E-state index contributed by atoms with van der Waals surface area (Å²) in [6, 6.07) is 13.4. The third kappa shape index (κ3) is 5.94. The summed E-state index contributed by atoms with van der Waals surface area (Å²) in [5, 5.41) is 3.88. The zero-order valence-electron chi connectivity index (χ0n) is 14.9. The SMILES string of the molecule is Cl.NCCCN(Cc1ccccc1)C(=O)CCc1nc(-c2ccco2)no1. The minimum absolute atomic E-state index is 0. The van der Waals surface area contributed by atoms with E-state index >= 15 is 0 Å². The Kier molecular flexibility index (Phi) is 8.03. The number of hydrogen-bond donors (Lipinski definition) is 1. The summed E-state index contributed by atoms with van der Waals surface area (Å²) in [6.07, 6.45) is 3.01. The van der Waals surface area contributed by atoms with Crippen LogP contribution in [0.2, 0.25) is 0 Å². The van der Waals surface area contributed by atoms with Crippen LogP contribution in [0.15, 0.2) is 57.7 Å². The molecule has 0 spiro atoms. The van der Waals surface area contributed by atoms with E-state index in [2.05, 4.69) is 10.1 Å². The summed E-state index contributed by atoms with van der Waals surface area (Å²) in [7, 11) is 0. The summed E-state index contributed by atoms with van der Waals surface area (Å²) < 4.78 is 10.4. The predicted molar refractivity (Wildman–Crippen MR) is 103 cm³/mol. The van der Waals surface area contributed by atoms with Gasteiger partial charge in [-0.1, -0.05) is 35.5 Å². The van der Waals surface area contributed by atoms with Gasteiger partial charge in [0.05, 0.1) is 6.26 Å². The van der Waals surface area contributed by atoms with Gasteiger partial charge >= 0.3 is 0 Å². The van der Waals surface area contributed by atoms with E-state index < -0.39 is 0 Å². The van der Waals surface area contributed by atoms with Gasteiger partial charge in [0.15, 0.2) is 5.76 Å². The summed E-state index contributed by atoms with van der Waals surface area (Å²) in [4.78, 5) is 18.7. The summed E-state index contributed by atoms with van der Waals surface area (Å²) in [5.41, 5.74) is 6.70. The van der Waals surface area contributed by atoms with E-state index in [9.17, 15) is 4.79 Å². The number of benzene rings is 1. The monoisotopic (exact) mass is 390 g/mol. The Morgan fingerprint density at radius 3 is 2.67 bits per heavy atom. The van der Waals surface area contributed by atoms with Crippen LogP contribution in [-0.4, -0.2) is 34.0 Å². The van der Waals surface area contributed by atoms with Gasteiger partial charge in [-0.3, -0.25) is 4.79 Å². The third-order valence-electron chi connectivity index (χ3n) is 3.96. The smallest absolute Gasteiger partial charge is 0.238 e. The van der Waals surface area contributed by atoms with Crippen molar-refractivity contribution in [1.82, 2.24) is 15.0 Å². The van der Waals surface area contributed by atoms with Gasteiger partial charge in [-0.15, -0.1) is 12.4 Å². The highest BCUT2D eigenvalue weighted by Gasteiger charge is 2.16. The summed E-state index contributed by atoms with van der Waals surface area (Å²) >= 11 is 0. The van der Waals surface area contributed by atoms with Crippen LogP contribution in [0.5, 0.6) is 0 Å². The first-order valence-electron chi connectivity index (χ1n) is 8.64. The van der Waals surface area contributed by atoms with E-state index in [-0.39, 0.29) is 18.3 Å². The Morgan fingerprint density at radius 2 is 1.96 bits per heavy atom. The molecule has 3 rings (SSSR count). The molecule has 0 aliphatic rings. The zero-order valence-corrected chi connectivity index (χ0v) is 15.7. The highest BCUT2D eigenvalue weighted by atomic mass is 35.5. The van der Waals surface area contributed by atoms with Gasteiger partial charge in [-0.25, -0.2) is 0 Å². The molecule has 8 heteroatoms. The van der Waals surface area contributed by atoms with Crippen LogP contribution in [0.1, 0.15) is 24.3 Å². The second-order valence-electron chi connectivity index (χ2n) is 5.93. The number of aryl methyl sites for hydroxylation is 1. The van der Waals surface area contributed by atoms with Gasteiger partial charge in [0.2, 0.25) is 17.6 Å². The molecule has 0 radical (unpaired) electrons. The van der Waals surface area contributed by atoms with Gasteiger partial charge in [-0.2, -0.15) is 4.98 Å². The molecule has 0 aliphatic heterocycles. The van der Waals surface area contributed by atoms with Crippen LogP contribution < -0.4 is 5.73 Å². The van der Waals surface area contributed by atoms with Crippen LogP contribution >= 0.6 is 12.4 Å². The third-order valence-corrected chi connectivity index (χ3v) is 3.96. The molecule has 0 atom stereocenters. The molecular weight excluding hydrogens is 368 g/mol. The fourth-order valence-electron chi connectivity index (χ4n) is 2.61. The van der Waals surface area contributed by atoms with Gasteiger partial charge in [0.25, 0.3) is 0 Å². The number of nitrogens with two attached hydrogens (primary N) is 1. The van der Waals surface area contributed by atoms with E-state index in [1.54, 1.807) is 18.4 Å². The number of halogens is 1. The first-order chi connectivity index (χ1) is 12.8. The maximum Gasteiger partial charge on any atom is 0.238 e. The van der Waals surface area contributed by atoms with Crippen LogP contribution in [0, 0.1) is 0 Å². The van der Waals surface area contributed by atoms with Crippen LogP contribution in [0.25, 0.3) is 11.6 Å². The molecule has 1 aromatic carbocycles. The predicted octanol–water partition coefficient (Wildman–Crippen LogP) is 3.06. The van der Waals surface area contributed by atoms with Gasteiger partial charge in [0.1, 0.15) is 0 Å².